The lowest BCUT2D eigenvalue weighted by atomic mass is 9.95. The van der Waals surface area contributed by atoms with Gasteiger partial charge in [-0.05, 0) is 49.8 Å². The van der Waals surface area contributed by atoms with Crippen molar-refractivity contribution in [1.29, 1.82) is 0 Å². The predicted molar refractivity (Wildman–Crippen MR) is 113 cm³/mol. The number of carbonyl (C=O) groups is 2. The number of rotatable bonds is 6. The van der Waals surface area contributed by atoms with E-state index in [1.807, 2.05) is 0 Å². The number of halogens is 6. The van der Waals surface area contributed by atoms with Gasteiger partial charge in [0.15, 0.2) is 0 Å². The molecule has 0 bridgehead atoms. The Morgan fingerprint density at radius 1 is 0.853 bits per heavy atom. The molecule has 190 valence electrons. The first-order valence-corrected chi connectivity index (χ1v) is 11.5. The Morgan fingerprint density at radius 2 is 1.41 bits per heavy atom. The van der Waals surface area contributed by atoms with Crippen molar-refractivity contribution in [2.75, 3.05) is 26.2 Å². The first-order chi connectivity index (χ1) is 15.9. The molecule has 1 heterocycles. The van der Waals surface area contributed by atoms with Gasteiger partial charge in [-0.3, -0.25) is 9.59 Å². The summed E-state index contributed by atoms with van der Waals surface area (Å²) in [5, 5.41) is 5.76. The van der Waals surface area contributed by atoms with E-state index in [2.05, 4.69) is 10.6 Å². The molecular weight excluding hydrogens is 464 g/mol. The molecule has 5 nitrogen and oxygen atoms in total. The Bertz CT molecular complexity index is 825. The molecule has 1 saturated carbocycles. The van der Waals surface area contributed by atoms with Crippen LogP contribution in [0.4, 0.5) is 26.3 Å². The Morgan fingerprint density at radius 3 is 1.94 bits per heavy atom. The van der Waals surface area contributed by atoms with Crippen molar-refractivity contribution in [3.8, 4) is 0 Å². The molecule has 11 heteroatoms. The minimum Gasteiger partial charge on any atom is -0.352 e. The van der Waals surface area contributed by atoms with E-state index in [9.17, 15) is 35.9 Å². The van der Waals surface area contributed by atoms with Gasteiger partial charge in [-0.15, -0.1) is 0 Å². The molecule has 0 aromatic heterocycles. The highest BCUT2D eigenvalue weighted by molar-refractivity contribution is 5.94. The largest absolute Gasteiger partial charge is 0.416 e. The SMILES string of the molecule is O=C(NCC1CCN(C(=O)CNC2CCCCC2)CC1)c1cc(C(F)(F)F)cc(C(F)(F)F)c1. The molecule has 1 saturated heterocycles. The number of piperidine rings is 1. The number of alkyl halides is 6. The third kappa shape index (κ3) is 7.35. The summed E-state index contributed by atoms with van der Waals surface area (Å²) < 4.78 is 78.0. The fourth-order valence-corrected chi connectivity index (χ4v) is 4.46. The molecular formula is C23H29F6N3O2. The summed E-state index contributed by atoms with van der Waals surface area (Å²) in [4.78, 5) is 26.5. The van der Waals surface area contributed by atoms with Crippen LogP contribution in [0.5, 0.6) is 0 Å². The lowest BCUT2D eigenvalue weighted by Crippen LogP contribution is -2.46. The van der Waals surface area contributed by atoms with Gasteiger partial charge in [0.2, 0.25) is 5.91 Å². The van der Waals surface area contributed by atoms with Crippen LogP contribution in [0.1, 0.15) is 66.4 Å². The lowest BCUT2D eigenvalue weighted by molar-refractivity contribution is -0.143. The van der Waals surface area contributed by atoms with E-state index >= 15 is 0 Å². The van der Waals surface area contributed by atoms with Gasteiger partial charge in [-0.25, -0.2) is 0 Å². The summed E-state index contributed by atoms with van der Waals surface area (Å²) in [7, 11) is 0. The van der Waals surface area contributed by atoms with Crippen LogP contribution in [0, 0.1) is 5.92 Å². The van der Waals surface area contributed by atoms with E-state index in [1.54, 1.807) is 4.90 Å². The predicted octanol–water partition coefficient (Wildman–Crippen LogP) is 4.61. The van der Waals surface area contributed by atoms with Crippen molar-refractivity contribution in [3.63, 3.8) is 0 Å². The second kappa shape index (κ2) is 11.0. The topological polar surface area (TPSA) is 61.4 Å². The molecule has 1 aromatic rings. The average Bonchev–Trinajstić information content (AvgIpc) is 2.80. The van der Waals surface area contributed by atoms with Gasteiger partial charge < -0.3 is 15.5 Å². The van der Waals surface area contributed by atoms with Gasteiger partial charge in [-0.2, -0.15) is 26.3 Å². The van der Waals surface area contributed by atoms with Crippen LogP contribution in [0.3, 0.4) is 0 Å². The molecule has 0 unspecified atom stereocenters. The maximum Gasteiger partial charge on any atom is 0.416 e. The van der Waals surface area contributed by atoms with Gasteiger partial charge >= 0.3 is 12.4 Å². The van der Waals surface area contributed by atoms with E-state index in [0.29, 0.717) is 44.1 Å². The fourth-order valence-electron chi connectivity index (χ4n) is 4.46. The summed E-state index contributed by atoms with van der Waals surface area (Å²) in [5.41, 5.74) is -3.74. The van der Waals surface area contributed by atoms with E-state index in [0.717, 1.165) is 12.8 Å². The van der Waals surface area contributed by atoms with Crippen molar-refractivity contribution < 1.29 is 35.9 Å². The third-order valence-electron chi connectivity index (χ3n) is 6.52. The van der Waals surface area contributed by atoms with Crippen LogP contribution in [0.25, 0.3) is 0 Å². The molecule has 2 aliphatic rings. The second-order valence-corrected chi connectivity index (χ2v) is 9.04. The highest BCUT2D eigenvalue weighted by Gasteiger charge is 2.37. The molecule has 3 rings (SSSR count). The number of hydrogen-bond donors (Lipinski definition) is 2. The number of nitrogens with one attached hydrogen (secondary N) is 2. The monoisotopic (exact) mass is 493 g/mol. The molecule has 0 spiro atoms. The van der Waals surface area contributed by atoms with Gasteiger partial charge in [0.05, 0.1) is 17.7 Å². The zero-order valence-corrected chi connectivity index (χ0v) is 18.7. The van der Waals surface area contributed by atoms with Crippen molar-refractivity contribution in [2.24, 2.45) is 5.92 Å². The Balaban J connectivity index is 1.49. The summed E-state index contributed by atoms with van der Waals surface area (Å²) in [5.74, 6) is -1.00. The summed E-state index contributed by atoms with van der Waals surface area (Å²) in [6.07, 6.45) is -3.13. The first-order valence-electron chi connectivity index (χ1n) is 11.5. The Labute approximate surface area is 194 Å². The smallest absolute Gasteiger partial charge is 0.352 e. The van der Waals surface area contributed by atoms with Crippen molar-refractivity contribution in [1.82, 2.24) is 15.5 Å². The number of hydrogen-bond acceptors (Lipinski definition) is 3. The summed E-state index contributed by atoms with van der Waals surface area (Å²) >= 11 is 0. The first kappa shape index (κ1) is 26.3. The molecule has 2 fully saturated rings. The van der Waals surface area contributed by atoms with Crippen LogP contribution >= 0.6 is 0 Å². The van der Waals surface area contributed by atoms with E-state index in [1.165, 1.54) is 19.3 Å². The number of nitrogens with zero attached hydrogens (tertiary/aromatic N) is 1. The fraction of sp³-hybridized carbons (Fsp3) is 0.652. The zero-order valence-electron chi connectivity index (χ0n) is 18.7. The van der Waals surface area contributed by atoms with E-state index in [-0.39, 0.29) is 31.0 Å². The van der Waals surface area contributed by atoms with Gasteiger partial charge in [-0.1, -0.05) is 19.3 Å². The average molecular weight is 493 g/mol. The van der Waals surface area contributed by atoms with Gasteiger partial charge in [0.1, 0.15) is 0 Å². The van der Waals surface area contributed by atoms with Crippen LogP contribution in [0.2, 0.25) is 0 Å². The molecule has 1 aliphatic heterocycles. The van der Waals surface area contributed by atoms with E-state index < -0.39 is 35.0 Å². The van der Waals surface area contributed by atoms with Gasteiger partial charge in [0, 0.05) is 31.2 Å². The third-order valence-corrected chi connectivity index (χ3v) is 6.52. The molecule has 34 heavy (non-hydrogen) atoms. The van der Waals surface area contributed by atoms with Gasteiger partial charge in [0.25, 0.3) is 5.91 Å². The van der Waals surface area contributed by atoms with Crippen LogP contribution in [0.15, 0.2) is 18.2 Å². The summed E-state index contributed by atoms with van der Waals surface area (Å²) in [6.45, 7) is 1.38. The quantitative estimate of drug-likeness (QED) is 0.569. The molecule has 0 atom stereocenters. The second-order valence-electron chi connectivity index (χ2n) is 9.04. The highest BCUT2D eigenvalue weighted by Crippen LogP contribution is 2.36. The Kier molecular flexibility index (Phi) is 8.48. The Hall–Kier alpha value is -2.30. The number of amides is 2. The molecule has 1 aromatic carbocycles. The van der Waals surface area contributed by atoms with Crippen LogP contribution in [-0.4, -0.2) is 48.9 Å². The van der Waals surface area contributed by atoms with Crippen molar-refractivity contribution in [3.05, 3.63) is 34.9 Å². The van der Waals surface area contributed by atoms with Crippen molar-refractivity contribution >= 4 is 11.8 Å². The molecule has 1 aliphatic carbocycles. The van der Waals surface area contributed by atoms with E-state index in [4.69, 9.17) is 0 Å². The summed E-state index contributed by atoms with van der Waals surface area (Å²) in [6, 6.07) is 1.21. The highest BCUT2D eigenvalue weighted by atomic mass is 19.4. The minimum absolute atomic E-state index is 0.00730. The molecule has 2 amide bonds. The minimum atomic E-state index is -5.01. The number of benzene rings is 1. The maximum absolute atomic E-state index is 13.0. The van der Waals surface area contributed by atoms with Crippen LogP contribution < -0.4 is 10.6 Å². The normalized spacial score (nSPS) is 18.7. The molecule has 2 N–H and O–H groups in total. The lowest BCUT2D eigenvalue weighted by Gasteiger charge is -2.33. The number of likely N-dealkylation sites (tertiary alicyclic amines) is 1. The number of carbonyl (C=O) groups excluding carboxylic acids is 2. The zero-order chi connectivity index (χ0) is 24.9. The standard InChI is InChI=1S/C23H29F6N3O2/c24-22(25,26)17-10-16(11-18(12-17)23(27,28)29)21(34)31-13-15-6-8-32(9-7-15)20(33)14-30-19-4-2-1-3-5-19/h10-12,15,19,30H,1-9,13-14H2,(H,31,34). The molecule has 0 radical (unpaired) electrons. The van der Waals surface area contributed by atoms with Crippen molar-refractivity contribution in [2.45, 2.75) is 63.3 Å². The van der Waals surface area contributed by atoms with Crippen LogP contribution in [-0.2, 0) is 17.1 Å². The maximum atomic E-state index is 13.0.